The van der Waals surface area contributed by atoms with E-state index in [4.69, 9.17) is 9.47 Å². The van der Waals surface area contributed by atoms with Crippen LogP contribution in [0.25, 0.3) is 0 Å². The van der Waals surface area contributed by atoms with Crippen molar-refractivity contribution in [2.24, 2.45) is 5.92 Å². The molecule has 3 heteroatoms. The first kappa shape index (κ1) is 7.98. The second-order valence-electron chi connectivity index (χ2n) is 2.80. The van der Waals surface area contributed by atoms with Gasteiger partial charge in [0.05, 0.1) is 6.10 Å². The Balaban J connectivity index is 2.53. The summed E-state index contributed by atoms with van der Waals surface area (Å²) < 4.78 is 10.2. The minimum atomic E-state index is -0.472. The third kappa shape index (κ3) is 1.17. The van der Waals surface area contributed by atoms with E-state index in [2.05, 4.69) is 0 Å². The number of aliphatic hydroxyl groups is 1. The summed E-state index contributed by atoms with van der Waals surface area (Å²) in [5.41, 5.74) is 0. The van der Waals surface area contributed by atoms with Gasteiger partial charge < -0.3 is 14.6 Å². The van der Waals surface area contributed by atoms with E-state index in [0.29, 0.717) is 0 Å². The molecular weight excluding hydrogens is 132 g/mol. The molecule has 1 saturated heterocycles. The van der Waals surface area contributed by atoms with Crippen LogP contribution in [0.4, 0.5) is 0 Å². The summed E-state index contributed by atoms with van der Waals surface area (Å²) in [5, 5.41) is 9.38. The van der Waals surface area contributed by atoms with E-state index in [9.17, 15) is 5.11 Å². The Bertz CT molecular complexity index is 115. The summed E-state index contributed by atoms with van der Waals surface area (Å²) in [4.78, 5) is 0. The Morgan fingerprint density at radius 3 is 2.20 bits per heavy atom. The van der Waals surface area contributed by atoms with Crippen molar-refractivity contribution in [3.8, 4) is 0 Å². The van der Waals surface area contributed by atoms with Gasteiger partial charge in [-0.25, -0.2) is 0 Å². The summed E-state index contributed by atoms with van der Waals surface area (Å²) in [6, 6.07) is 0. The van der Waals surface area contributed by atoms with Crippen LogP contribution in [0.15, 0.2) is 0 Å². The van der Waals surface area contributed by atoms with Crippen molar-refractivity contribution in [1.29, 1.82) is 0 Å². The average Bonchev–Trinajstić information content (AvgIpc) is 2.17. The Kier molecular flexibility index (Phi) is 2.28. The summed E-state index contributed by atoms with van der Waals surface area (Å²) >= 11 is 0. The SMILES string of the molecule is CO[C@@H]1O[C@@H](C)[C@H](C)[C@H]1O. The third-order valence-electron chi connectivity index (χ3n) is 2.14. The van der Waals surface area contributed by atoms with E-state index in [0.717, 1.165) is 0 Å². The molecule has 0 aromatic carbocycles. The van der Waals surface area contributed by atoms with Gasteiger partial charge in [-0.15, -0.1) is 0 Å². The minimum Gasteiger partial charge on any atom is -0.387 e. The molecule has 0 aliphatic carbocycles. The highest BCUT2D eigenvalue weighted by Gasteiger charge is 2.38. The molecule has 4 atom stereocenters. The molecule has 0 saturated carbocycles. The lowest BCUT2D eigenvalue weighted by atomic mass is 10.0. The lowest BCUT2D eigenvalue weighted by Gasteiger charge is -2.12. The van der Waals surface area contributed by atoms with Crippen LogP contribution in [0.5, 0.6) is 0 Å². The van der Waals surface area contributed by atoms with Crippen LogP contribution in [0.1, 0.15) is 13.8 Å². The molecule has 1 aliphatic heterocycles. The van der Waals surface area contributed by atoms with Crippen LogP contribution in [-0.2, 0) is 9.47 Å². The van der Waals surface area contributed by atoms with Gasteiger partial charge >= 0.3 is 0 Å². The Morgan fingerprint density at radius 2 is 2.00 bits per heavy atom. The molecule has 3 nitrogen and oxygen atoms in total. The fourth-order valence-corrected chi connectivity index (χ4v) is 1.14. The first-order valence-corrected chi connectivity index (χ1v) is 3.53. The largest absolute Gasteiger partial charge is 0.387 e. The molecule has 0 unspecified atom stereocenters. The van der Waals surface area contributed by atoms with Crippen molar-refractivity contribution in [1.82, 2.24) is 0 Å². The highest BCUT2D eigenvalue weighted by molar-refractivity contribution is 4.80. The standard InChI is InChI=1S/C7H14O3/c1-4-5(2)10-7(9-3)6(4)8/h4-8H,1-3H3/t4-,5-,6+,7+/m0/s1. The molecule has 1 fully saturated rings. The van der Waals surface area contributed by atoms with Crippen molar-refractivity contribution < 1.29 is 14.6 Å². The molecule has 60 valence electrons. The first-order chi connectivity index (χ1) is 4.66. The number of methoxy groups -OCH3 is 1. The Morgan fingerprint density at radius 1 is 1.40 bits per heavy atom. The van der Waals surface area contributed by atoms with Gasteiger partial charge in [-0.3, -0.25) is 0 Å². The topological polar surface area (TPSA) is 38.7 Å². The Labute approximate surface area is 60.9 Å². The average molecular weight is 146 g/mol. The van der Waals surface area contributed by atoms with Crippen molar-refractivity contribution in [3.05, 3.63) is 0 Å². The molecule has 10 heavy (non-hydrogen) atoms. The summed E-state index contributed by atoms with van der Waals surface area (Å²) in [6.07, 6.45) is -0.801. The van der Waals surface area contributed by atoms with Crippen LogP contribution in [0.3, 0.4) is 0 Å². The van der Waals surface area contributed by atoms with Crippen LogP contribution < -0.4 is 0 Å². The minimum absolute atomic E-state index is 0.0972. The first-order valence-electron chi connectivity index (χ1n) is 3.53. The van der Waals surface area contributed by atoms with E-state index in [-0.39, 0.29) is 12.0 Å². The molecule has 1 heterocycles. The zero-order chi connectivity index (χ0) is 7.72. The van der Waals surface area contributed by atoms with Crippen LogP contribution >= 0.6 is 0 Å². The summed E-state index contributed by atoms with van der Waals surface area (Å²) in [5.74, 6) is 0.171. The van der Waals surface area contributed by atoms with Crippen LogP contribution in [0.2, 0.25) is 0 Å². The molecule has 0 aromatic rings. The highest BCUT2D eigenvalue weighted by Crippen LogP contribution is 2.26. The van der Waals surface area contributed by atoms with Gasteiger partial charge in [-0.05, 0) is 6.92 Å². The maximum Gasteiger partial charge on any atom is 0.183 e. The molecule has 1 rings (SSSR count). The molecule has 0 radical (unpaired) electrons. The van der Waals surface area contributed by atoms with Crippen molar-refractivity contribution in [2.75, 3.05) is 7.11 Å². The lowest BCUT2D eigenvalue weighted by Crippen LogP contribution is -2.26. The summed E-state index contributed by atoms with van der Waals surface area (Å²) in [6.45, 7) is 3.89. The van der Waals surface area contributed by atoms with Crippen LogP contribution in [-0.4, -0.2) is 30.7 Å². The molecule has 1 N–H and O–H groups in total. The van der Waals surface area contributed by atoms with Crippen molar-refractivity contribution in [2.45, 2.75) is 32.3 Å². The highest BCUT2D eigenvalue weighted by atomic mass is 16.7. The monoisotopic (exact) mass is 146 g/mol. The van der Waals surface area contributed by atoms with Crippen molar-refractivity contribution in [3.63, 3.8) is 0 Å². The second-order valence-corrected chi connectivity index (χ2v) is 2.80. The van der Waals surface area contributed by atoms with E-state index in [1.54, 1.807) is 7.11 Å². The lowest BCUT2D eigenvalue weighted by molar-refractivity contribution is -0.145. The molecule has 0 aromatic heterocycles. The summed E-state index contributed by atoms with van der Waals surface area (Å²) in [7, 11) is 1.54. The van der Waals surface area contributed by atoms with Gasteiger partial charge in [-0.2, -0.15) is 0 Å². The zero-order valence-electron chi connectivity index (χ0n) is 6.57. The predicted molar refractivity (Wildman–Crippen MR) is 36.5 cm³/mol. The maximum atomic E-state index is 9.38. The third-order valence-corrected chi connectivity index (χ3v) is 2.14. The number of rotatable bonds is 1. The molecular formula is C7H14O3. The van der Waals surface area contributed by atoms with E-state index in [1.165, 1.54) is 0 Å². The normalized spacial score (nSPS) is 48.0. The van der Waals surface area contributed by atoms with E-state index >= 15 is 0 Å². The van der Waals surface area contributed by atoms with E-state index < -0.39 is 12.4 Å². The molecule has 0 bridgehead atoms. The number of aliphatic hydroxyl groups excluding tert-OH is 1. The van der Waals surface area contributed by atoms with E-state index in [1.807, 2.05) is 13.8 Å². The van der Waals surface area contributed by atoms with Gasteiger partial charge in [-0.1, -0.05) is 6.92 Å². The zero-order valence-corrected chi connectivity index (χ0v) is 6.57. The number of ether oxygens (including phenoxy) is 2. The maximum absolute atomic E-state index is 9.38. The van der Waals surface area contributed by atoms with Gasteiger partial charge in [0.25, 0.3) is 0 Å². The van der Waals surface area contributed by atoms with Gasteiger partial charge in [0.1, 0.15) is 6.10 Å². The fraction of sp³-hybridized carbons (Fsp3) is 1.00. The quantitative estimate of drug-likeness (QED) is 0.581. The van der Waals surface area contributed by atoms with Crippen LogP contribution in [0, 0.1) is 5.92 Å². The second kappa shape index (κ2) is 2.86. The molecule has 0 amide bonds. The van der Waals surface area contributed by atoms with Gasteiger partial charge in [0.2, 0.25) is 0 Å². The predicted octanol–water partition coefficient (Wildman–Crippen LogP) is 0.375. The number of hydrogen-bond acceptors (Lipinski definition) is 3. The molecule has 0 spiro atoms. The number of hydrogen-bond donors (Lipinski definition) is 1. The van der Waals surface area contributed by atoms with Crippen molar-refractivity contribution >= 4 is 0 Å². The molecule has 1 aliphatic rings. The van der Waals surface area contributed by atoms with Gasteiger partial charge in [0.15, 0.2) is 6.29 Å². The fourth-order valence-electron chi connectivity index (χ4n) is 1.14. The Hall–Kier alpha value is -0.120. The smallest absolute Gasteiger partial charge is 0.183 e. The van der Waals surface area contributed by atoms with Gasteiger partial charge in [0, 0.05) is 13.0 Å².